The van der Waals surface area contributed by atoms with Gasteiger partial charge in [-0.25, -0.2) is 4.99 Å². The molecule has 1 aromatic rings. The third-order valence-corrected chi connectivity index (χ3v) is 3.56. The fourth-order valence-electron chi connectivity index (χ4n) is 2.53. The highest BCUT2D eigenvalue weighted by atomic mass is 15.1. The molecule has 2 rings (SSSR count). The molecule has 1 aliphatic carbocycles. The lowest BCUT2D eigenvalue weighted by Crippen LogP contribution is -2.39. The van der Waals surface area contributed by atoms with Crippen molar-refractivity contribution in [1.82, 2.24) is 10.3 Å². The molecule has 0 aromatic carbocycles. The summed E-state index contributed by atoms with van der Waals surface area (Å²) in [5, 5.41) is 3.34. The molecule has 3 N–H and O–H groups in total. The number of nitrogens with two attached hydrogens (primary N) is 1. The van der Waals surface area contributed by atoms with E-state index in [0.717, 1.165) is 11.4 Å². The first-order valence-electron chi connectivity index (χ1n) is 7.23. The van der Waals surface area contributed by atoms with Crippen molar-refractivity contribution in [2.75, 3.05) is 0 Å². The van der Waals surface area contributed by atoms with E-state index in [0.29, 0.717) is 18.5 Å². The lowest BCUT2D eigenvalue weighted by atomic mass is 10.1. The van der Waals surface area contributed by atoms with Crippen LogP contribution in [-0.2, 0) is 6.54 Å². The Balaban J connectivity index is 1.84. The van der Waals surface area contributed by atoms with Crippen LogP contribution in [0, 0.1) is 6.92 Å². The average Bonchev–Trinajstić information content (AvgIpc) is 2.65. The number of pyridine rings is 1. The van der Waals surface area contributed by atoms with Crippen LogP contribution >= 0.6 is 0 Å². The molecule has 1 fully saturated rings. The monoisotopic (exact) mass is 260 g/mol. The molecule has 4 nitrogen and oxygen atoms in total. The molecule has 1 aliphatic rings. The molecule has 1 aromatic heterocycles. The topological polar surface area (TPSA) is 63.3 Å². The Morgan fingerprint density at radius 1 is 1.32 bits per heavy atom. The second-order valence-electron chi connectivity index (χ2n) is 5.30. The lowest BCUT2D eigenvalue weighted by molar-refractivity contribution is 0.530. The van der Waals surface area contributed by atoms with Crippen LogP contribution in [0.2, 0.25) is 0 Å². The van der Waals surface area contributed by atoms with Gasteiger partial charge in [-0.3, -0.25) is 4.98 Å². The van der Waals surface area contributed by atoms with E-state index in [-0.39, 0.29) is 0 Å². The maximum atomic E-state index is 5.95. The summed E-state index contributed by atoms with van der Waals surface area (Å²) in [6.45, 7) is 2.54. The summed E-state index contributed by atoms with van der Waals surface area (Å²) in [5.41, 5.74) is 7.93. The van der Waals surface area contributed by atoms with Gasteiger partial charge in [0.2, 0.25) is 0 Å². The summed E-state index contributed by atoms with van der Waals surface area (Å²) in [6.07, 6.45) is 7.71. The first-order valence-corrected chi connectivity index (χ1v) is 7.23. The second-order valence-corrected chi connectivity index (χ2v) is 5.30. The average molecular weight is 260 g/mol. The van der Waals surface area contributed by atoms with Crippen molar-refractivity contribution in [1.29, 1.82) is 0 Å². The molecule has 0 saturated heterocycles. The zero-order valence-electron chi connectivity index (χ0n) is 11.7. The van der Waals surface area contributed by atoms with Gasteiger partial charge < -0.3 is 11.1 Å². The predicted octanol–water partition coefficient (Wildman–Crippen LogP) is 2.52. The molecular formula is C15H24N4. The standard InChI is InChI=1S/C15H24N4/c1-12-7-6-10-14(18-12)11-17-15(16)19-13-8-4-2-3-5-9-13/h6-7,10,13H,2-5,8-9,11H2,1H3,(H3,16,17,19). The second kappa shape index (κ2) is 7.12. The molecule has 0 bridgehead atoms. The van der Waals surface area contributed by atoms with Crippen molar-refractivity contribution in [3.05, 3.63) is 29.6 Å². The fourth-order valence-corrected chi connectivity index (χ4v) is 2.53. The van der Waals surface area contributed by atoms with E-state index < -0.39 is 0 Å². The van der Waals surface area contributed by atoms with Crippen molar-refractivity contribution in [2.24, 2.45) is 10.7 Å². The summed E-state index contributed by atoms with van der Waals surface area (Å²) in [4.78, 5) is 8.80. The predicted molar refractivity (Wildman–Crippen MR) is 78.9 cm³/mol. The normalized spacial score (nSPS) is 18.1. The van der Waals surface area contributed by atoms with E-state index in [9.17, 15) is 0 Å². The summed E-state index contributed by atoms with van der Waals surface area (Å²) >= 11 is 0. The highest BCUT2D eigenvalue weighted by molar-refractivity contribution is 5.78. The molecule has 104 valence electrons. The van der Waals surface area contributed by atoms with Gasteiger partial charge in [0.1, 0.15) is 0 Å². The minimum absolute atomic E-state index is 0.497. The Bertz CT molecular complexity index is 420. The maximum Gasteiger partial charge on any atom is 0.189 e. The fraction of sp³-hybridized carbons (Fsp3) is 0.600. The van der Waals surface area contributed by atoms with Gasteiger partial charge in [-0.05, 0) is 31.9 Å². The number of aryl methyl sites for hydroxylation is 1. The van der Waals surface area contributed by atoms with Gasteiger partial charge in [-0.1, -0.05) is 31.7 Å². The van der Waals surface area contributed by atoms with Crippen molar-refractivity contribution in [3.63, 3.8) is 0 Å². The van der Waals surface area contributed by atoms with E-state index in [1.807, 2.05) is 25.1 Å². The van der Waals surface area contributed by atoms with Crippen LogP contribution in [0.3, 0.4) is 0 Å². The first-order chi connectivity index (χ1) is 9.24. The van der Waals surface area contributed by atoms with Crippen molar-refractivity contribution in [3.8, 4) is 0 Å². The van der Waals surface area contributed by atoms with Crippen LogP contribution in [0.4, 0.5) is 0 Å². The van der Waals surface area contributed by atoms with Gasteiger partial charge in [0.05, 0.1) is 12.2 Å². The smallest absolute Gasteiger partial charge is 0.189 e. The summed E-state index contributed by atoms with van der Waals surface area (Å²) < 4.78 is 0. The van der Waals surface area contributed by atoms with Crippen LogP contribution in [0.1, 0.15) is 49.9 Å². The molecule has 1 heterocycles. The number of hydrogen-bond acceptors (Lipinski definition) is 2. The summed E-state index contributed by atoms with van der Waals surface area (Å²) in [7, 11) is 0. The van der Waals surface area contributed by atoms with E-state index in [1.54, 1.807) is 0 Å². The molecule has 0 atom stereocenters. The summed E-state index contributed by atoms with van der Waals surface area (Å²) in [5.74, 6) is 0.551. The minimum atomic E-state index is 0.497. The number of guanidine groups is 1. The quantitative estimate of drug-likeness (QED) is 0.498. The number of rotatable bonds is 3. The van der Waals surface area contributed by atoms with Gasteiger partial charge in [-0.15, -0.1) is 0 Å². The van der Waals surface area contributed by atoms with Crippen LogP contribution in [0.25, 0.3) is 0 Å². The van der Waals surface area contributed by atoms with E-state index >= 15 is 0 Å². The molecule has 0 radical (unpaired) electrons. The first kappa shape index (κ1) is 13.8. The molecule has 0 amide bonds. The van der Waals surface area contributed by atoms with Crippen LogP contribution < -0.4 is 11.1 Å². The number of aliphatic imine (C=N–C) groups is 1. The SMILES string of the molecule is Cc1cccc(CN=C(N)NC2CCCCCC2)n1. The van der Waals surface area contributed by atoms with Crippen LogP contribution in [0.5, 0.6) is 0 Å². The number of aromatic nitrogens is 1. The van der Waals surface area contributed by atoms with Gasteiger partial charge >= 0.3 is 0 Å². The highest BCUT2D eigenvalue weighted by Gasteiger charge is 2.12. The Hall–Kier alpha value is -1.58. The van der Waals surface area contributed by atoms with Crippen molar-refractivity contribution < 1.29 is 0 Å². The Morgan fingerprint density at radius 3 is 2.74 bits per heavy atom. The molecule has 19 heavy (non-hydrogen) atoms. The number of nitrogens with one attached hydrogen (secondary N) is 1. The van der Waals surface area contributed by atoms with Crippen LogP contribution in [-0.4, -0.2) is 17.0 Å². The highest BCUT2D eigenvalue weighted by Crippen LogP contribution is 2.16. The van der Waals surface area contributed by atoms with Gasteiger partial charge in [0, 0.05) is 11.7 Å². The maximum absolute atomic E-state index is 5.95. The largest absolute Gasteiger partial charge is 0.370 e. The molecular weight excluding hydrogens is 236 g/mol. The zero-order chi connectivity index (χ0) is 13.5. The Morgan fingerprint density at radius 2 is 2.05 bits per heavy atom. The lowest BCUT2D eigenvalue weighted by Gasteiger charge is -2.16. The Labute approximate surface area is 115 Å². The number of hydrogen-bond donors (Lipinski definition) is 2. The number of nitrogens with zero attached hydrogens (tertiary/aromatic N) is 2. The van der Waals surface area contributed by atoms with Gasteiger partial charge in [-0.2, -0.15) is 0 Å². The van der Waals surface area contributed by atoms with E-state index in [4.69, 9.17) is 5.73 Å². The van der Waals surface area contributed by atoms with Crippen molar-refractivity contribution >= 4 is 5.96 Å². The summed E-state index contributed by atoms with van der Waals surface area (Å²) in [6, 6.07) is 6.47. The third-order valence-electron chi connectivity index (χ3n) is 3.56. The molecule has 4 heteroatoms. The van der Waals surface area contributed by atoms with Crippen LogP contribution in [0.15, 0.2) is 23.2 Å². The third kappa shape index (κ3) is 4.89. The van der Waals surface area contributed by atoms with Gasteiger partial charge in [0.25, 0.3) is 0 Å². The molecule has 0 spiro atoms. The minimum Gasteiger partial charge on any atom is -0.370 e. The molecule has 0 unspecified atom stereocenters. The Kier molecular flexibility index (Phi) is 5.19. The van der Waals surface area contributed by atoms with E-state index in [1.165, 1.54) is 38.5 Å². The molecule has 1 saturated carbocycles. The zero-order valence-corrected chi connectivity index (χ0v) is 11.7. The van der Waals surface area contributed by atoms with Gasteiger partial charge in [0.15, 0.2) is 5.96 Å². The van der Waals surface area contributed by atoms with Crippen molar-refractivity contribution in [2.45, 2.75) is 58.0 Å². The molecule has 0 aliphatic heterocycles. The van der Waals surface area contributed by atoms with E-state index in [2.05, 4.69) is 15.3 Å².